The van der Waals surface area contributed by atoms with Gasteiger partial charge in [-0.2, -0.15) is 0 Å². The van der Waals surface area contributed by atoms with E-state index in [1.165, 1.54) is 0 Å². The highest BCUT2D eigenvalue weighted by Gasteiger charge is 2.45. The van der Waals surface area contributed by atoms with Crippen molar-refractivity contribution >= 4 is 28.4 Å². The van der Waals surface area contributed by atoms with E-state index in [2.05, 4.69) is 41.7 Å². The largest absolute Gasteiger partial charge is 0.383 e. The highest BCUT2D eigenvalue weighted by molar-refractivity contribution is 14.1. The summed E-state index contributed by atoms with van der Waals surface area (Å²) in [5, 5.41) is 0. The third-order valence-electron chi connectivity index (χ3n) is 3.81. The van der Waals surface area contributed by atoms with Gasteiger partial charge in [-0.05, 0) is 20.3 Å². The molecule has 102 valence electrons. The molecular weight excluding hydrogens is 339 g/mol. The minimum Gasteiger partial charge on any atom is -0.383 e. The molecule has 1 aliphatic rings. The maximum absolute atomic E-state index is 12.8. The fourth-order valence-corrected chi connectivity index (χ4v) is 3.50. The molecule has 1 unspecified atom stereocenters. The van der Waals surface area contributed by atoms with Crippen molar-refractivity contribution in [2.24, 2.45) is 5.41 Å². The van der Waals surface area contributed by atoms with Crippen molar-refractivity contribution in [2.75, 3.05) is 13.7 Å². The zero-order valence-electron chi connectivity index (χ0n) is 11.8. The van der Waals surface area contributed by atoms with Crippen LogP contribution >= 0.6 is 22.6 Å². The summed E-state index contributed by atoms with van der Waals surface area (Å²) in [5.74, 6) is 0.304. The Kier molecular flexibility index (Phi) is 6.05. The maximum atomic E-state index is 12.8. The van der Waals surface area contributed by atoms with Crippen LogP contribution in [0.2, 0.25) is 0 Å². The molecule has 1 rings (SSSR count). The first-order chi connectivity index (χ1) is 8.50. The molecule has 0 bridgehead atoms. The second-order valence-corrected chi connectivity index (χ2v) is 6.52. The number of ether oxygens (including phenoxy) is 1. The van der Waals surface area contributed by atoms with Gasteiger partial charge in [-0.1, -0.05) is 65.7 Å². The zero-order valence-corrected chi connectivity index (χ0v) is 13.9. The second kappa shape index (κ2) is 6.85. The van der Waals surface area contributed by atoms with Gasteiger partial charge < -0.3 is 4.74 Å². The van der Waals surface area contributed by atoms with Crippen LogP contribution in [0.3, 0.4) is 0 Å². The third kappa shape index (κ3) is 2.87. The van der Waals surface area contributed by atoms with E-state index >= 15 is 0 Å². The molecule has 1 atom stereocenters. The summed E-state index contributed by atoms with van der Waals surface area (Å²) in [6.07, 6.45) is 7.30. The Hall–Kier alpha value is -0.160. The van der Waals surface area contributed by atoms with Gasteiger partial charge in [-0.25, -0.2) is 0 Å². The van der Waals surface area contributed by atoms with E-state index in [0.29, 0.717) is 12.4 Å². The Labute approximate surface area is 124 Å². The van der Waals surface area contributed by atoms with Crippen LogP contribution in [-0.2, 0) is 9.53 Å². The van der Waals surface area contributed by atoms with Gasteiger partial charge in [-0.3, -0.25) is 4.79 Å². The van der Waals surface area contributed by atoms with Crippen LogP contribution in [0.5, 0.6) is 0 Å². The molecule has 0 saturated heterocycles. The first-order valence-corrected chi connectivity index (χ1v) is 7.78. The Morgan fingerprint density at radius 2 is 1.94 bits per heavy atom. The van der Waals surface area contributed by atoms with E-state index in [4.69, 9.17) is 4.74 Å². The molecule has 1 aliphatic carbocycles. The van der Waals surface area contributed by atoms with Crippen LogP contribution in [0.1, 0.15) is 40.0 Å². The van der Waals surface area contributed by atoms with Gasteiger partial charge in [0, 0.05) is 7.11 Å². The molecule has 3 heteroatoms. The fraction of sp³-hybridized carbons (Fsp3) is 0.667. The van der Waals surface area contributed by atoms with E-state index in [0.717, 1.165) is 30.4 Å². The Balaban J connectivity index is 2.96. The van der Waals surface area contributed by atoms with Crippen molar-refractivity contribution in [3.8, 4) is 0 Å². The number of Topliss-reactive ketones (excluding diaryl/α,β-unsaturated/α-hetero) is 1. The number of carbonyl (C=O) groups excluding carboxylic acids is 1. The highest BCUT2D eigenvalue weighted by Crippen LogP contribution is 2.43. The number of rotatable bonds is 7. The lowest BCUT2D eigenvalue weighted by Crippen LogP contribution is -2.41. The van der Waals surface area contributed by atoms with Crippen LogP contribution in [0.4, 0.5) is 0 Å². The number of allylic oxidation sites excluding steroid dienone is 2. The zero-order chi connectivity index (χ0) is 13.8. The van der Waals surface area contributed by atoms with Crippen molar-refractivity contribution < 1.29 is 9.53 Å². The SMILES string of the molecule is CCCCC(I)C(=O)C1(COC)C(C)=CC=C1C. The van der Waals surface area contributed by atoms with E-state index in [1.54, 1.807) is 7.11 Å². The van der Waals surface area contributed by atoms with Gasteiger partial charge in [0.05, 0.1) is 15.9 Å². The molecule has 18 heavy (non-hydrogen) atoms. The topological polar surface area (TPSA) is 26.3 Å². The maximum Gasteiger partial charge on any atom is 0.162 e. The Bertz CT molecular complexity index is 351. The molecule has 0 amide bonds. The monoisotopic (exact) mass is 362 g/mol. The van der Waals surface area contributed by atoms with Gasteiger partial charge in [0.25, 0.3) is 0 Å². The molecule has 0 N–H and O–H groups in total. The Morgan fingerprint density at radius 3 is 2.39 bits per heavy atom. The van der Waals surface area contributed by atoms with Gasteiger partial charge in [0.1, 0.15) is 0 Å². The molecule has 0 heterocycles. The summed E-state index contributed by atoms with van der Waals surface area (Å²) in [5.41, 5.74) is 1.73. The van der Waals surface area contributed by atoms with E-state index in [-0.39, 0.29) is 3.92 Å². The summed E-state index contributed by atoms with van der Waals surface area (Å²) in [4.78, 5) is 12.8. The summed E-state index contributed by atoms with van der Waals surface area (Å²) in [7, 11) is 1.67. The molecule has 0 aromatic rings. The molecule has 0 aromatic carbocycles. The Morgan fingerprint density at radius 1 is 1.39 bits per heavy atom. The van der Waals surface area contributed by atoms with E-state index < -0.39 is 5.41 Å². The molecule has 2 nitrogen and oxygen atoms in total. The summed E-state index contributed by atoms with van der Waals surface area (Å²) in [6, 6.07) is 0. The van der Waals surface area contributed by atoms with Gasteiger partial charge in [0.15, 0.2) is 5.78 Å². The highest BCUT2D eigenvalue weighted by atomic mass is 127. The van der Waals surface area contributed by atoms with Crippen molar-refractivity contribution in [1.82, 2.24) is 0 Å². The number of ketones is 1. The number of halogens is 1. The lowest BCUT2D eigenvalue weighted by molar-refractivity contribution is -0.126. The summed E-state index contributed by atoms with van der Waals surface area (Å²) >= 11 is 2.29. The van der Waals surface area contributed by atoms with Crippen molar-refractivity contribution in [2.45, 2.75) is 44.0 Å². The van der Waals surface area contributed by atoms with Gasteiger partial charge in [-0.15, -0.1) is 0 Å². The van der Waals surface area contributed by atoms with Gasteiger partial charge in [0.2, 0.25) is 0 Å². The van der Waals surface area contributed by atoms with Crippen LogP contribution in [0, 0.1) is 5.41 Å². The number of carbonyl (C=O) groups is 1. The molecule has 0 aliphatic heterocycles. The summed E-state index contributed by atoms with van der Waals surface area (Å²) in [6.45, 7) is 6.69. The minimum absolute atomic E-state index is 0.0718. The predicted molar refractivity (Wildman–Crippen MR) is 84.2 cm³/mol. The van der Waals surface area contributed by atoms with Crippen molar-refractivity contribution in [3.63, 3.8) is 0 Å². The average Bonchev–Trinajstić information content (AvgIpc) is 2.64. The normalized spacial score (nSPS) is 19.4. The fourth-order valence-electron chi connectivity index (χ4n) is 2.53. The van der Waals surface area contributed by atoms with Crippen LogP contribution in [-0.4, -0.2) is 23.4 Å². The van der Waals surface area contributed by atoms with Crippen molar-refractivity contribution in [1.29, 1.82) is 0 Å². The molecule has 0 saturated carbocycles. The average molecular weight is 362 g/mol. The number of hydrogen-bond acceptors (Lipinski definition) is 2. The number of methoxy groups -OCH3 is 1. The lowest BCUT2D eigenvalue weighted by Gasteiger charge is -2.33. The van der Waals surface area contributed by atoms with E-state index in [1.807, 2.05) is 13.8 Å². The molecule has 0 aromatic heterocycles. The summed E-state index contributed by atoms with van der Waals surface area (Å²) < 4.78 is 5.41. The molecular formula is C15H23IO2. The molecule has 0 radical (unpaired) electrons. The van der Waals surface area contributed by atoms with Gasteiger partial charge >= 0.3 is 0 Å². The molecule has 0 spiro atoms. The van der Waals surface area contributed by atoms with Crippen LogP contribution < -0.4 is 0 Å². The first kappa shape index (κ1) is 15.9. The van der Waals surface area contributed by atoms with Crippen molar-refractivity contribution in [3.05, 3.63) is 23.3 Å². The standard InChI is InChI=1S/C15H23IO2/c1-5-6-7-13(16)14(17)15(10-18-4)11(2)8-9-12(15)3/h8-9,13H,5-7,10H2,1-4H3. The predicted octanol–water partition coefficient (Wildman–Crippen LogP) is 4.09. The van der Waals surface area contributed by atoms with E-state index in [9.17, 15) is 4.79 Å². The third-order valence-corrected chi connectivity index (χ3v) is 5.00. The number of hydrogen-bond donors (Lipinski definition) is 0. The minimum atomic E-state index is -0.506. The second-order valence-electron chi connectivity index (χ2n) is 5.01. The van der Waals surface area contributed by atoms with Crippen LogP contribution in [0.25, 0.3) is 0 Å². The quantitative estimate of drug-likeness (QED) is 0.504. The first-order valence-electron chi connectivity index (χ1n) is 6.54. The van der Waals surface area contributed by atoms with Crippen LogP contribution in [0.15, 0.2) is 23.3 Å². The lowest BCUT2D eigenvalue weighted by atomic mass is 9.73. The smallest absolute Gasteiger partial charge is 0.162 e. The molecule has 0 fully saturated rings. The number of unbranched alkanes of at least 4 members (excludes halogenated alkanes) is 1. The number of alkyl halides is 1.